The van der Waals surface area contributed by atoms with E-state index in [1.807, 2.05) is 12.1 Å². The van der Waals surface area contributed by atoms with Gasteiger partial charge in [0.1, 0.15) is 5.82 Å². The molecule has 100 valence electrons. The molecule has 1 aromatic heterocycles. The molecule has 2 rings (SSSR count). The molecule has 2 aromatic rings. The van der Waals surface area contributed by atoms with Crippen LogP contribution in [0, 0.1) is 5.82 Å². The van der Waals surface area contributed by atoms with Crippen LogP contribution in [0.25, 0.3) is 0 Å². The molecule has 1 aromatic carbocycles. The monoisotopic (exact) mass is 405 g/mol. The minimum absolute atomic E-state index is 0.206. The molecule has 1 heterocycles. The number of benzene rings is 1. The number of halogens is 3. The van der Waals surface area contributed by atoms with Gasteiger partial charge in [-0.3, -0.25) is 4.79 Å². The average molecular weight is 407 g/mol. The first-order valence-electron chi connectivity index (χ1n) is 5.54. The summed E-state index contributed by atoms with van der Waals surface area (Å²) in [5.41, 5.74) is 0.439. The Morgan fingerprint density at radius 2 is 2.05 bits per heavy atom. The van der Waals surface area contributed by atoms with Gasteiger partial charge in [-0.25, -0.2) is 4.39 Å². The van der Waals surface area contributed by atoms with Crippen LogP contribution in [0.3, 0.4) is 0 Å². The third-order valence-electron chi connectivity index (χ3n) is 2.46. The Bertz CT molecular complexity index is 600. The fourth-order valence-electron chi connectivity index (χ4n) is 1.55. The van der Waals surface area contributed by atoms with Gasteiger partial charge in [0.15, 0.2) is 0 Å². The molecule has 0 saturated carbocycles. The van der Waals surface area contributed by atoms with Crippen LogP contribution in [-0.2, 0) is 6.42 Å². The molecule has 0 bridgehead atoms. The van der Waals surface area contributed by atoms with Gasteiger partial charge >= 0.3 is 0 Å². The Hall–Kier alpha value is -0.720. The first-order chi connectivity index (χ1) is 9.06. The standard InChI is InChI=1S/C13H10Br2FNOS/c14-11-7-8(16)1-3-10(11)13(18)17-6-5-9-2-4-12(15)19-9/h1-4,7H,5-6H2,(H,17,18). The molecule has 0 fully saturated rings. The molecule has 0 atom stereocenters. The molecule has 0 radical (unpaired) electrons. The van der Waals surface area contributed by atoms with Crippen molar-refractivity contribution in [3.63, 3.8) is 0 Å². The summed E-state index contributed by atoms with van der Waals surface area (Å²) in [7, 11) is 0. The smallest absolute Gasteiger partial charge is 0.252 e. The number of rotatable bonds is 4. The van der Waals surface area contributed by atoms with E-state index in [0.29, 0.717) is 16.6 Å². The van der Waals surface area contributed by atoms with Gasteiger partial charge < -0.3 is 5.32 Å². The Balaban J connectivity index is 1.90. The maximum atomic E-state index is 12.9. The second-order valence-electron chi connectivity index (χ2n) is 3.84. The number of carbonyl (C=O) groups excluding carboxylic acids is 1. The normalized spacial score (nSPS) is 10.5. The summed E-state index contributed by atoms with van der Waals surface area (Å²) >= 11 is 8.23. The van der Waals surface area contributed by atoms with E-state index >= 15 is 0 Å². The highest BCUT2D eigenvalue weighted by Crippen LogP contribution is 2.22. The van der Waals surface area contributed by atoms with Gasteiger partial charge in [0.05, 0.1) is 9.35 Å². The zero-order valence-corrected chi connectivity index (χ0v) is 13.7. The Morgan fingerprint density at radius 3 is 2.68 bits per heavy atom. The van der Waals surface area contributed by atoms with E-state index in [9.17, 15) is 9.18 Å². The van der Waals surface area contributed by atoms with Crippen LogP contribution in [-0.4, -0.2) is 12.5 Å². The minimum Gasteiger partial charge on any atom is -0.352 e. The number of hydrogen-bond donors (Lipinski definition) is 1. The lowest BCUT2D eigenvalue weighted by atomic mass is 10.2. The summed E-state index contributed by atoms with van der Waals surface area (Å²) in [6.45, 7) is 0.551. The van der Waals surface area contributed by atoms with Crippen molar-refractivity contribution in [1.29, 1.82) is 0 Å². The third kappa shape index (κ3) is 4.12. The molecule has 0 aliphatic heterocycles. The maximum absolute atomic E-state index is 12.9. The highest BCUT2D eigenvalue weighted by atomic mass is 79.9. The van der Waals surface area contributed by atoms with Gasteiger partial charge in [0.2, 0.25) is 0 Å². The molecular weight excluding hydrogens is 397 g/mol. The third-order valence-corrected chi connectivity index (χ3v) is 4.80. The number of amides is 1. The highest BCUT2D eigenvalue weighted by molar-refractivity contribution is 9.11. The lowest BCUT2D eigenvalue weighted by Gasteiger charge is -2.06. The molecule has 0 spiro atoms. The van der Waals surface area contributed by atoms with E-state index in [1.165, 1.54) is 23.1 Å². The average Bonchev–Trinajstić information content (AvgIpc) is 2.75. The molecule has 0 aliphatic rings. The van der Waals surface area contributed by atoms with E-state index in [4.69, 9.17) is 0 Å². The highest BCUT2D eigenvalue weighted by Gasteiger charge is 2.10. The van der Waals surface area contributed by atoms with Crippen LogP contribution < -0.4 is 5.32 Å². The molecule has 1 N–H and O–H groups in total. The zero-order chi connectivity index (χ0) is 13.8. The zero-order valence-electron chi connectivity index (χ0n) is 9.75. The first kappa shape index (κ1) is 14.7. The predicted octanol–water partition coefficient (Wildman–Crippen LogP) is 4.38. The van der Waals surface area contributed by atoms with Crippen molar-refractivity contribution in [3.05, 3.63) is 54.8 Å². The van der Waals surface area contributed by atoms with Crippen LogP contribution in [0.2, 0.25) is 0 Å². The number of nitrogens with one attached hydrogen (secondary N) is 1. The van der Waals surface area contributed by atoms with E-state index in [2.05, 4.69) is 37.2 Å². The fraction of sp³-hybridized carbons (Fsp3) is 0.154. The molecule has 0 unspecified atom stereocenters. The largest absolute Gasteiger partial charge is 0.352 e. The molecule has 2 nitrogen and oxygen atoms in total. The van der Waals surface area contributed by atoms with Gasteiger partial charge in [-0.05, 0) is 68.6 Å². The van der Waals surface area contributed by atoms with Crippen molar-refractivity contribution in [2.75, 3.05) is 6.54 Å². The Morgan fingerprint density at radius 1 is 1.26 bits per heavy atom. The van der Waals surface area contributed by atoms with Crippen molar-refractivity contribution < 1.29 is 9.18 Å². The summed E-state index contributed by atoms with van der Waals surface area (Å²) in [5, 5.41) is 2.82. The number of thiophene rings is 1. The summed E-state index contributed by atoms with van der Waals surface area (Å²) < 4.78 is 14.5. The Labute approximate surface area is 131 Å². The van der Waals surface area contributed by atoms with Gasteiger partial charge in [-0.2, -0.15) is 0 Å². The van der Waals surface area contributed by atoms with E-state index in [1.54, 1.807) is 11.3 Å². The van der Waals surface area contributed by atoms with Crippen molar-refractivity contribution in [3.8, 4) is 0 Å². The van der Waals surface area contributed by atoms with Crippen molar-refractivity contribution in [1.82, 2.24) is 5.32 Å². The van der Waals surface area contributed by atoms with Gasteiger partial charge in [-0.1, -0.05) is 0 Å². The predicted molar refractivity (Wildman–Crippen MR) is 82.2 cm³/mol. The van der Waals surface area contributed by atoms with Gasteiger partial charge in [0.25, 0.3) is 5.91 Å². The number of hydrogen-bond acceptors (Lipinski definition) is 2. The van der Waals surface area contributed by atoms with E-state index in [-0.39, 0.29) is 11.7 Å². The summed E-state index contributed by atoms with van der Waals surface area (Å²) in [6.07, 6.45) is 0.779. The number of carbonyl (C=O) groups is 1. The Kier molecular flexibility index (Phi) is 5.13. The lowest BCUT2D eigenvalue weighted by Crippen LogP contribution is -2.25. The first-order valence-corrected chi connectivity index (χ1v) is 7.94. The van der Waals surface area contributed by atoms with Crippen LogP contribution in [0.4, 0.5) is 4.39 Å². The van der Waals surface area contributed by atoms with Crippen molar-refractivity contribution >= 4 is 49.1 Å². The van der Waals surface area contributed by atoms with Crippen LogP contribution in [0.1, 0.15) is 15.2 Å². The fourth-order valence-corrected chi connectivity index (χ4v) is 3.57. The topological polar surface area (TPSA) is 29.1 Å². The molecule has 0 aliphatic carbocycles. The lowest BCUT2D eigenvalue weighted by molar-refractivity contribution is 0.0953. The molecule has 19 heavy (non-hydrogen) atoms. The summed E-state index contributed by atoms with van der Waals surface area (Å²) in [4.78, 5) is 13.1. The molecule has 6 heteroatoms. The molecule has 0 saturated heterocycles. The second-order valence-corrected chi connectivity index (χ2v) is 7.24. The maximum Gasteiger partial charge on any atom is 0.252 e. The van der Waals surface area contributed by atoms with Crippen LogP contribution in [0.15, 0.2) is 38.6 Å². The van der Waals surface area contributed by atoms with Crippen molar-refractivity contribution in [2.45, 2.75) is 6.42 Å². The summed E-state index contributed by atoms with van der Waals surface area (Å²) in [6, 6.07) is 8.03. The van der Waals surface area contributed by atoms with E-state index in [0.717, 1.165) is 10.2 Å². The quantitative estimate of drug-likeness (QED) is 0.801. The second kappa shape index (κ2) is 6.63. The molecular formula is C13H10Br2FNOS. The van der Waals surface area contributed by atoms with Crippen LogP contribution in [0.5, 0.6) is 0 Å². The SMILES string of the molecule is O=C(NCCc1ccc(Br)s1)c1ccc(F)cc1Br. The van der Waals surface area contributed by atoms with E-state index < -0.39 is 0 Å². The van der Waals surface area contributed by atoms with Gasteiger partial charge in [-0.15, -0.1) is 11.3 Å². The van der Waals surface area contributed by atoms with Crippen molar-refractivity contribution in [2.24, 2.45) is 0 Å². The minimum atomic E-state index is -0.369. The van der Waals surface area contributed by atoms with Gasteiger partial charge in [0, 0.05) is 15.9 Å². The molecule has 1 amide bonds. The van der Waals surface area contributed by atoms with Crippen LogP contribution >= 0.6 is 43.2 Å². The summed E-state index contributed by atoms with van der Waals surface area (Å²) in [5.74, 6) is -0.575.